The summed E-state index contributed by atoms with van der Waals surface area (Å²) in [5.74, 6) is -2.17. The molecule has 0 unspecified atom stereocenters. The van der Waals surface area contributed by atoms with Crippen molar-refractivity contribution in [1.82, 2.24) is 5.32 Å². The number of alkyl halides is 6. The number of esters is 1. The van der Waals surface area contributed by atoms with Crippen molar-refractivity contribution in [3.05, 3.63) is 70.3 Å². The van der Waals surface area contributed by atoms with Gasteiger partial charge in [0.25, 0.3) is 5.91 Å². The average molecular weight is 475 g/mol. The van der Waals surface area contributed by atoms with Gasteiger partial charge in [0.1, 0.15) is 6.04 Å². The Morgan fingerprint density at radius 3 is 1.73 bits per heavy atom. The molecule has 0 aromatic heterocycles. The van der Waals surface area contributed by atoms with Gasteiger partial charge in [0.05, 0.1) is 18.2 Å². The molecule has 0 radical (unpaired) electrons. The van der Waals surface area contributed by atoms with Gasteiger partial charge < -0.3 is 10.1 Å². The predicted molar refractivity (Wildman–Crippen MR) is 109 cm³/mol. The third-order valence-electron chi connectivity index (χ3n) is 4.90. The van der Waals surface area contributed by atoms with Gasteiger partial charge in [-0.25, -0.2) is 4.79 Å². The highest BCUT2D eigenvalue weighted by atomic mass is 19.4. The molecule has 1 amide bonds. The second-order valence-electron chi connectivity index (χ2n) is 8.49. The average Bonchev–Trinajstić information content (AvgIpc) is 2.70. The first kappa shape index (κ1) is 26.2. The fourth-order valence-corrected chi connectivity index (χ4v) is 3.04. The second kappa shape index (κ2) is 9.44. The van der Waals surface area contributed by atoms with Gasteiger partial charge in [0.2, 0.25) is 0 Å². The molecule has 0 saturated carbocycles. The van der Waals surface area contributed by atoms with Crippen LogP contribution in [-0.4, -0.2) is 25.0 Å². The molecule has 0 spiro atoms. The summed E-state index contributed by atoms with van der Waals surface area (Å²) in [5, 5.41) is 2.19. The molecule has 10 heteroatoms. The van der Waals surface area contributed by atoms with Crippen LogP contribution in [0.3, 0.4) is 0 Å². The van der Waals surface area contributed by atoms with E-state index in [2.05, 4.69) is 10.1 Å². The van der Waals surface area contributed by atoms with Gasteiger partial charge in [-0.15, -0.1) is 0 Å². The molecule has 0 fully saturated rings. The summed E-state index contributed by atoms with van der Waals surface area (Å²) in [5.41, 5.74) is -2.65. The Morgan fingerprint density at radius 2 is 1.33 bits per heavy atom. The van der Waals surface area contributed by atoms with Gasteiger partial charge in [-0.3, -0.25) is 4.79 Å². The van der Waals surface area contributed by atoms with Gasteiger partial charge in [0, 0.05) is 12.0 Å². The van der Waals surface area contributed by atoms with Crippen molar-refractivity contribution in [2.45, 2.75) is 51.0 Å². The molecule has 33 heavy (non-hydrogen) atoms. The van der Waals surface area contributed by atoms with E-state index in [0.29, 0.717) is 17.7 Å². The van der Waals surface area contributed by atoms with E-state index in [1.165, 1.54) is 0 Å². The molecule has 0 bridgehead atoms. The molecule has 2 rings (SSSR count). The standard InChI is InChI=1S/C23H23F6NO3/c1-21(2,3)15-7-5-13(6-8-15)9-18(20(32)33-4)30-19(31)14-10-16(22(24,25)26)12-17(11-14)23(27,28)29/h5-8,10-12,18H,9H2,1-4H3,(H,30,31)/t18-/m0/s1. The van der Waals surface area contributed by atoms with Crippen LogP contribution in [0.4, 0.5) is 26.3 Å². The maximum Gasteiger partial charge on any atom is 0.416 e. The molecule has 1 N–H and O–H groups in total. The Balaban J connectivity index is 2.34. The molecule has 1 atom stereocenters. The normalized spacial score (nSPS) is 13.4. The summed E-state index contributed by atoms with van der Waals surface area (Å²) in [4.78, 5) is 24.7. The highest BCUT2D eigenvalue weighted by Crippen LogP contribution is 2.36. The summed E-state index contributed by atoms with van der Waals surface area (Å²) in [7, 11) is 1.05. The van der Waals surface area contributed by atoms with Gasteiger partial charge in [-0.2, -0.15) is 26.3 Å². The number of nitrogens with one attached hydrogen (secondary N) is 1. The first-order valence-corrected chi connectivity index (χ1v) is 9.80. The lowest BCUT2D eigenvalue weighted by molar-refractivity contribution is -0.144. The Morgan fingerprint density at radius 1 is 0.848 bits per heavy atom. The van der Waals surface area contributed by atoms with Gasteiger partial charge >= 0.3 is 18.3 Å². The van der Waals surface area contributed by atoms with E-state index in [-0.39, 0.29) is 17.9 Å². The van der Waals surface area contributed by atoms with E-state index in [4.69, 9.17) is 0 Å². The Hall–Kier alpha value is -3.04. The summed E-state index contributed by atoms with van der Waals surface area (Å²) < 4.78 is 83.1. The van der Waals surface area contributed by atoms with Gasteiger partial charge in [0.15, 0.2) is 0 Å². The van der Waals surface area contributed by atoms with Crippen molar-refractivity contribution >= 4 is 11.9 Å². The minimum Gasteiger partial charge on any atom is -0.467 e. The van der Waals surface area contributed by atoms with Crippen molar-refractivity contribution in [3.8, 4) is 0 Å². The molecule has 2 aromatic carbocycles. The molecule has 0 saturated heterocycles. The zero-order valence-corrected chi connectivity index (χ0v) is 18.3. The molecule has 2 aromatic rings. The number of halogens is 6. The third kappa shape index (κ3) is 6.97. The molecular weight excluding hydrogens is 452 g/mol. The Labute approximate surface area is 186 Å². The number of methoxy groups -OCH3 is 1. The van der Waals surface area contributed by atoms with E-state index >= 15 is 0 Å². The van der Waals surface area contributed by atoms with Crippen molar-refractivity contribution in [2.24, 2.45) is 0 Å². The Bertz CT molecular complexity index is 973. The molecule has 0 aliphatic carbocycles. The first-order chi connectivity index (χ1) is 15.0. The lowest BCUT2D eigenvalue weighted by atomic mass is 9.86. The topological polar surface area (TPSA) is 55.4 Å². The number of benzene rings is 2. The summed E-state index contributed by atoms with van der Waals surface area (Å²) >= 11 is 0. The zero-order chi connectivity index (χ0) is 25.2. The lowest BCUT2D eigenvalue weighted by Crippen LogP contribution is -2.43. The van der Waals surface area contributed by atoms with Crippen LogP contribution in [0.2, 0.25) is 0 Å². The van der Waals surface area contributed by atoms with E-state index in [0.717, 1.165) is 12.7 Å². The number of amides is 1. The van der Waals surface area contributed by atoms with Crippen LogP contribution in [0.1, 0.15) is 53.4 Å². The Kier molecular flexibility index (Phi) is 7.50. The maximum atomic E-state index is 13.1. The fraction of sp³-hybridized carbons (Fsp3) is 0.391. The van der Waals surface area contributed by atoms with Gasteiger partial charge in [-0.05, 0) is 34.7 Å². The van der Waals surface area contributed by atoms with Crippen LogP contribution in [-0.2, 0) is 33.7 Å². The maximum absolute atomic E-state index is 13.1. The van der Waals surface area contributed by atoms with Crippen molar-refractivity contribution in [2.75, 3.05) is 7.11 Å². The minimum absolute atomic E-state index is 0.0755. The van der Waals surface area contributed by atoms with Crippen LogP contribution in [0.25, 0.3) is 0 Å². The predicted octanol–water partition coefficient (Wildman–Crippen LogP) is 5.54. The van der Waals surface area contributed by atoms with Crippen LogP contribution in [0.5, 0.6) is 0 Å². The van der Waals surface area contributed by atoms with Crippen molar-refractivity contribution < 1.29 is 40.7 Å². The number of hydrogen-bond donors (Lipinski definition) is 1. The number of hydrogen-bond acceptors (Lipinski definition) is 3. The second-order valence-corrected chi connectivity index (χ2v) is 8.49. The minimum atomic E-state index is -5.10. The highest BCUT2D eigenvalue weighted by Gasteiger charge is 2.38. The van der Waals surface area contributed by atoms with Crippen LogP contribution < -0.4 is 5.32 Å². The summed E-state index contributed by atoms with van der Waals surface area (Å²) in [6.07, 6.45) is -10.3. The molecule has 0 heterocycles. The number of ether oxygens (including phenoxy) is 1. The number of carbonyl (C=O) groups excluding carboxylic acids is 2. The van der Waals surface area contributed by atoms with Crippen LogP contribution in [0.15, 0.2) is 42.5 Å². The SMILES string of the molecule is COC(=O)[C@H](Cc1ccc(C(C)(C)C)cc1)NC(=O)c1cc(C(F)(F)F)cc(C(F)(F)F)c1. The lowest BCUT2D eigenvalue weighted by Gasteiger charge is -2.21. The highest BCUT2D eigenvalue weighted by molar-refractivity contribution is 5.97. The van der Waals surface area contributed by atoms with Crippen molar-refractivity contribution in [3.63, 3.8) is 0 Å². The molecule has 4 nitrogen and oxygen atoms in total. The van der Waals surface area contributed by atoms with E-state index < -0.39 is 47.0 Å². The molecule has 0 aliphatic rings. The largest absolute Gasteiger partial charge is 0.467 e. The summed E-state index contributed by atoms with van der Waals surface area (Å²) in [6, 6.07) is 6.29. The van der Waals surface area contributed by atoms with Crippen molar-refractivity contribution in [1.29, 1.82) is 0 Å². The quantitative estimate of drug-likeness (QED) is 0.457. The monoisotopic (exact) mass is 475 g/mol. The molecule has 0 aliphatic heterocycles. The van der Waals surface area contributed by atoms with E-state index in [9.17, 15) is 35.9 Å². The zero-order valence-electron chi connectivity index (χ0n) is 18.3. The molecule has 180 valence electrons. The fourth-order valence-electron chi connectivity index (χ4n) is 3.04. The first-order valence-electron chi connectivity index (χ1n) is 9.80. The molecular formula is C23H23F6NO3. The summed E-state index contributed by atoms with van der Waals surface area (Å²) in [6.45, 7) is 6.01. The number of carbonyl (C=O) groups is 2. The van der Waals surface area contributed by atoms with Crippen LogP contribution >= 0.6 is 0 Å². The van der Waals surface area contributed by atoms with E-state index in [1.807, 2.05) is 32.9 Å². The third-order valence-corrected chi connectivity index (χ3v) is 4.90. The van der Waals surface area contributed by atoms with Gasteiger partial charge in [-0.1, -0.05) is 45.0 Å². The van der Waals surface area contributed by atoms with E-state index in [1.54, 1.807) is 12.1 Å². The smallest absolute Gasteiger partial charge is 0.416 e. The number of rotatable bonds is 5. The van der Waals surface area contributed by atoms with Crippen LogP contribution in [0, 0.1) is 0 Å².